The van der Waals surface area contributed by atoms with Gasteiger partial charge in [-0.25, -0.2) is 0 Å². The molecular weight excluding hydrogens is 383 g/mol. The summed E-state index contributed by atoms with van der Waals surface area (Å²) >= 11 is 0. The average Bonchev–Trinajstić information content (AvgIpc) is 3.45. The van der Waals surface area contributed by atoms with Crippen LogP contribution in [0.2, 0.25) is 0 Å². The van der Waals surface area contributed by atoms with Crippen molar-refractivity contribution in [3.63, 3.8) is 0 Å². The number of halogens is 3. The molecule has 0 radical (unpaired) electrons. The predicted molar refractivity (Wildman–Crippen MR) is 100 cm³/mol. The van der Waals surface area contributed by atoms with E-state index in [0.29, 0.717) is 37.5 Å². The van der Waals surface area contributed by atoms with E-state index in [1.54, 1.807) is 0 Å². The Balaban J connectivity index is 1.37. The SMILES string of the molecule is O=C(Cn1nc(C(F)(F)F)c2c1CCCC2)NCc1cccc(OCC2CC2)c1. The number of aromatic nitrogens is 2. The number of fused-ring (bicyclic) bond motifs is 1. The molecule has 1 fully saturated rings. The Hall–Kier alpha value is -2.51. The van der Waals surface area contributed by atoms with Gasteiger partial charge in [-0.2, -0.15) is 18.3 Å². The number of nitrogens with zero attached hydrogens (tertiary/aromatic N) is 2. The third-order valence-corrected chi connectivity index (χ3v) is 5.39. The fraction of sp³-hybridized carbons (Fsp3) is 0.524. The number of hydrogen-bond acceptors (Lipinski definition) is 3. The largest absolute Gasteiger partial charge is 0.493 e. The normalized spacial score (nSPS) is 16.4. The molecular formula is C21H24F3N3O2. The quantitative estimate of drug-likeness (QED) is 0.758. The molecule has 2 aromatic rings. The van der Waals surface area contributed by atoms with Gasteiger partial charge in [-0.05, 0) is 62.1 Å². The van der Waals surface area contributed by atoms with E-state index in [0.717, 1.165) is 17.7 Å². The van der Waals surface area contributed by atoms with Crippen LogP contribution in [0.4, 0.5) is 13.2 Å². The van der Waals surface area contributed by atoms with Gasteiger partial charge in [-0.3, -0.25) is 9.48 Å². The van der Waals surface area contributed by atoms with Crippen molar-refractivity contribution in [2.45, 2.75) is 57.8 Å². The van der Waals surface area contributed by atoms with E-state index in [2.05, 4.69) is 10.4 Å². The van der Waals surface area contributed by atoms with Crippen LogP contribution < -0.4 is 10.1 Å². The Morgan fingerprint density at radius 3 is 2.79 bits per heavy atom. The molecule has 1 aromatic carbocycles. The third kappa shape index (κ3) is 4.92. The van der Waals surface area contributed by atoms with Crippen LogP contribution in [0.3, 0.4) is 0 Å². The van der Waals surface area contributed by atoms with Crippen molar-refractivity contribution >= 4 is 5.91 Å². The van der Waals surface area contributed by atoms with Gasteiger partial charge in [0, 0.05) is 17.8 Å². The lowest BCUT2D eigenvalue weighted by molar-refractivity contribution is -0.142. The molecule has 2 aliphatic rings. The molecule has 1 amide bonds. The summed E-state index contributed by atoms with van der Waals surface area (Å²) in [5.41, 5.74) is 0.817. The van der Waals surface area contributed by atoms with Crippen LogP contribution in [0.15, 0.2) is 24.3 Å². The molecule has 8 heteroatoms. The van der Waals surface area contributed by atoms with Crippen molar-refractivity contribution in [2.24, 2.45) is 5.92 Å². The Bertz CT molecular complexity index is 888. The minimum Gasteiger partial charge on any atom is -0.493 e. The van der Waals surface area contributed by atoms with E-state index in [1.807, 2.05) is 24.3 Å². The Kier molecular flexibility index (Phi) is 5.52. The van der Waals surface area contributed by atoms with Crippen LogP contribution >= 0.6 is 0 Å². The maximum Gasteiger partial charge on any atom is 0.435 e. The van der Waals surface area contributed by atoms with Crippen LogP contribution in [0.5, 0.6) is 5.75 Å². The minimum absolute atomic E-state index is 0.212. The standard InChI is InChI=1S/C21H24F3N3O2/c22-21(23,24)20-17-6-1-2-7-18(17)27(26-20)12-19(28)25-11-15-4-3-5-16(10-15)29-13-14-8-9-14/h3-5,10,14H,1-2,6-9,11-13H2,(H,25,28). The Labute approximate surface area is 167 Å². The zero-order valence-corrected chi connectivity index (χ0v) is 16.1. The number of amides is 1. The molecule has 0 unspecified atom stereocenters. The summed E-state index contributed by atoms with van der Waals surface area (Å²) in [5.74, 6) is 1.05. The summed E-state index contributed by atoms with van der Waals surface area (Å²) in [6.45, 7) is 0.785. The summed E-state index contributed by atoms with van der Waals surface area (Å²) in [5, 5.41) is 6.50. The lowest BCUT2D eigenvalue weighted by Crippen LogP contribution is -2.28. The maximum absolute atomic E-state index is 13.3. The number of carbonyl (C=O) groups excluding carboxylic acids is 1. The van der Waals surface area contributed by atoms with Gasteiger partial charge in [0.05, 0.1) is 6.61 Å². The first-order chi connectivity index (χ1) is 13.9. The Morgan fingerprint density at radius 1 is 1.24 bits per heavy atom. The van der Waals surface area contributed by atoms with Crippen LogP contribution in [-0.4, -0.2) is 22.3 Å². The number of rotatable bonds is 7. The zero-order chi connectivity index (χ0) is 20.4. The molecule has 0 saturated heterocycles. The van der Waals surface area contributed by atoms with Gasteiger partial charge < -0.3 is 10.1 Å². The molecule has 5 nitrogen and oxygen atoms in total. The molecule has 0 spiro atoms. The molecule has 0 aliphatic heterocycles. The van der Waals surface area contributed by atoms with Crippen molar-refractivity contribution in [1.82, 2.24) is 15.1 Å². The van der Waals surface area contributed by atoms with E-state index in [1.165, 1.54) is 17.5 Å². The smallest absolute Gasteiger partial charge is 0.435 e. The van der Waals surface area contributed by atoms with E-state index in [-0.39, 0.29) is 24.6 Å². The molecule has 1 saturated carbocycles. The van der Waals surface area contributed by atoms with E-state index < -0.39 is 11.9 Å². The van der Waals surface area contributed by atoms with Gasteiger partial charge in [0.15, 0.2) is 5.69 Å². The van der Waals surface area contributed by atoms with Crippen molar-refractivity contribution in [3.8, 4) is 5.75 Å². The van der Waals surface area contributed by atoms with Gasteiger partial charge in [0.2, 0.25) is 5.91 Å². The topological polar surface area (TPSA) is 56.2 Å². The van der Waals surface area contributed by atoms with E-state index in [9.17, 15) is 18.0 Å². The molecule has 4 rings (SSSR count). The number of nitrogens with one attached hydrogen (secondary N) is 1. The summed E-state index contributed by atoms with van der Waals surface area (Å²) in [6.07, 6.45) is 0.333. The fourth-order valence-corrected chi connectivity index (χ4v) is 3.67. The minimum atomic E-state index is -4.50. The second-order valence-electron chi connectivity index (χ2n) is 7.81. The second kappa shape index (κ2) is 8.08. The van der Waals surface area contributed by atoms with Gasteiger partial charge >= 0.3 is 6.18 Å². The lowest BCUT2D eigenvalue weighted by Gasteiger charge is -2.14. The van der Waals surface area contributed by atoms with Crippen LogP contribution in [0, 0.1) is 5.92 Å². The van der Waals surface area contributed by atoms with Crippen molar-refractivity contribution in [2.75, 3.05) is 6.61 Å². The first-order valence-electron chi connectivity index (χ1n) is 10.0. The highest BCUT2D eigenvalue weighted by Crippen LogP contribution is 2.35. The maximum atomic E-state index is 13.3. The summed E-state index contributed by atoms with van der Waals surface area (Å²) in [7, 11) is 0. The first kappa shape index (κ1) is 19.8. The molecule has 1 N–H and O–H groups in total. The van der Waals surface area contributed by atoms with E-state index >= 15 is 0 Å². The molecule has 1 aromatic heterocycles. The summed E-state index contributed by atoms with van der Waals surface area (Å²) < 4.78 is 46.7. The lowest BCUT2D eigenvalue weighted by atomic mass is 9.95. The molecule has 1 heterocycles. The monoisotopic (exact) mass is 407 g/mol. The van der Waals surface area contributed by atoms with Crippen LogP contribution in [-0.2, 0) is 36.9 Å². The number of ether oxygens (including phenoxy) is 1. The molecule has 0 bridgehead atoms. The predicted octanol–water partition coefficient (Wildman–Crippen LogP) is 3.89. The van der Waals surface area contributed by atoms with Gasteiger partial charge in [0.1, 0.15) is 12.3 Å². The molecule has 29 heavy (non-hydrogen) atoms. The van der Waals surface area contributed by atoms with Crippen molar-refractivity contribution in [3.05, 3.63) is 46.8 Å². The molecule has 0 atom stereocenters. The number of hydrogen-bond donors (Lipinski definition) is 1. The fourth-order valence-electron chi connectivity index (χ4n) is 3.67. The van der Waals surface area contributed by atoms with Gasteiger partial charge in [0.25, 0.3) is 0 Å². The van der Waals surface area contributed by atoms with Gasteiger partial charge in [-0.1, -0.05) is 12.1 Å². The number of alkyl halides is 3. The second-order valence-corrected chi connectivity index (χ2v) is 7.81. The van der Waals surface area contributed by atoms with Crippen LogP contribution in [0.25, 0.3) is 0 Å². The molecule has 156 valence electrons. The summed E-state index contributed by atoms with van der Waals surface area (Å²) in [6, 6.07) is 7.49. The van der Waals surface area contributed by atoms with E-state index in [4.69, 9.17) is 4.74 Å². The zero-order valence-electron chi connectivity index (χ0n) is 16.1. The number of benzene rings is 1. The Morgan fingerprint density at radius 2 is 2.03 bits per heavy atom. The molecule has 2 aliphatic carbocycles. The van der Waals surface area contributed by atoms with Crippen LogP contribution in [0.1, 0.15) is 48.2 Å². The summed E-state index contributed by atoms with van der Waals surface area (Å²) in [4.78, 5) is 12.4. The highest BCUT2D eigenvalue weighted by atomic mass is 19.4. The van der Waals surface area contributed by atoms with Gasteiger partial charge in [-0.15, -0.1) is 0 Å². The highest BCUT2D eigenvalue weighted by Gasteiger charge is 2.39. The highest BCUT2D eigenvalue weighted by molar-refractivity contribution is 5.75. The van der Waals surface area contributed by atoms with Crippen molar-refractivity contribution in [1.29, 1.82) is 0 Å². The average molecular weight is 407 g/mol. The number of carbonyl (C=O) groups is 1. The first-order valence-corrected chi connectivity index (χ1v) is 10.0. The third-order valence-electron chi connectivity index (χ3n) is 5.39. The van der Waals surface area contributed by atoms with Crippen molar-refractivity contribution < 1.29 is 22.7 Å².